The van der Waals surface area contributed by atoms with Gasteiger partial charge in [0.25, 0.3) is 0 Å². The molecule has 1 aliphatic heterocycles. The summed E-state index contributed by atoms with van der Waals surface area (Å²) < 4.78 is 38.2. The van der Waals surface area contributed by atoms with Crippen LogP contribution in [0.3, 0.4) is 0 Å². The number of aliphatic hydroxyl groups excluding tert-OH is 1. The molecule has 20 heavy (non-hydrogen) atoms. The van der Waals surface area contributed by atoms with Crippen molar-refractivity contribution in [3.8, 4) is 0 Å². The Morgan fingerprint density at radius 2 is 2.10 bits per heavy atom. The second kappa shape index (κ2) is 4.36. The average molecular weight is 306 g/mol. The third-order valence-corrected chi connectivity index (χ3v) is 5.16. The molecule has 1 saturated heterocycles. The van der Waals surface area contributed by atoms with Crippen molar-refractivity contribution in [1.29, 1.82) is 0 Å². The largest absolute Gasteiger partial charge is 0.417 e. The summed E-state index contributed by atoms with van der Waals surface area (Å²) in [6, 6.07) is 3.99. The number of fused-ring (bicyclic) bond motifs is 1. The SMILES string of the molecule is OC[C@@]12CNCC[C@]1(c1ccc(C(F)(F)F)c(Cl)c1)C2. The average Bonchev–Trinajstić information content (AvgIpc) is 3.08. The summed E-state index contributed by atoms with van der Waals surface area (Å²) in [5.74, 6) is 0. The molecule has 0 spiro atoms. The van der Waals surface area contributed by atoms with Crippen molar-refractivity contribution in [2.75, 3.05) is 19.7 Å². The Hall–Kier alpha value is -0.780. The molecular formula is C14H15ClF3NO. The van der Waals surface area contributed by atoms with Crippen LogP contribution in [0.1, 0.15) is 24.0 Å². The summed E-state index contributed by atoms with van der Waals surface area (Å²) in [6.07, 6.45) is -2.82. The summed E-state index contributed by atoms with van der Waals surface area (Å²) in [6.45, 7) is 1.54. The Morgan fingerprint density at radius 1 is 1.35 bits per heavy atom. The van der Waals surface area contributed by atoms with Crippen LogP contribution in [0.4, 0.5) is 13.2 Å². The Labute approximate surface area is 119 Å². The normalized spacial score (nSPS) is 32.9. The standard InChI is InChI=1S/C14H15ClF3NO/c15-11-5-9(1-2-10(11)14(16,17)18)13-3-4-19-7-12(13,6-13)8-20/h1-2,5,19-20H,3-4,6-8H2/t12-,13-/m1/s1. The second-order valence-corrected chi connectivity index (χ2v) is 6.22. The zero-order valence-electron chi connectivity index (χ0n) is 10.7. The molecule has 0 radical (unpaired) electrons. The topological polar surface area (TPSA) is 32.3 Å². The van der Waals surface area contributed by atoms with Gasteiger partial charge in [-0.1, -0.05) is 17.7 Å². The smallest absolute Gasteiger partial charge is 0.396 e. The maximum atomic E-state index is 12.7. The number of aliphatic hydroxyl groups is 1. The minimum atomic E-state index is -4.43. The van der Waals surface area contributed by atoms with Crippen molar-refractivity contribution < 1.29 is 18.3 Å². The molecule has 1 aromatic rings. The van der Waals surface area contributed by atoms with E-state index in [2.05, 4.69) is 5.32 Å². The monoisotopic (exact) mass is 305 g/mol. The molecule has 2 aliphatic rings. The van der Waals surface area contributed by atoms with Gasteiger partial charge >= 0.3 is 6.18 Å². The second-order valence-electron chi connectivity index (χ2n) is 5.82. The number of hydrogen-bond acceptors (Lipinski definition) is 2. The fourth-order valence-electron chi connectivity index (χ4n) is 3.61. The van der Waals surface area contributed by atoms with Gasteiger partial charge in [0.05, 0.1) is 17.2 Å². The summed E-state index contributed by atoms with van der Waals surface area (Å²) in [5.41, 5.74) is -0.454. The minimum absolute atomic E-state index is 0.0403. The van der Waals surface area contributed by atoms with Gasteiger partial charge in [0.2, 0.25) is 0 Å². The zero-order chi connectivity index (χ0) is 14.6. The fraction of sp³-hybridized carbons (Fsp3) is 0.571. The summed E-state index contributed by atoms with van der Waals surface area (Å²) in [4.78, 5) is 0. The Kier molecular flexibility index (Phi) is 3.09. The molecule has 2 N–H and O–H groups in total. The van der Waals surface area contributed by atoms with Gasteiger partial charge in [-0.25, -0.2) is 0 Å². The molecule has 6 heteroatoms. The molecule has 110 valence electrons. The van der Waals surface area contributed by atoms with Gasteiger partial charge in [-0.15, -0.1) is 0 Å². The predicted molar refractivity (Wildman–Crippen MR) is 69.8 cm³/mol. The first-order valence-electron chi connectivity index (χ1n) is 6.54. The van der Waals surface area contributed by atoms with Gasteiger partial charge in [0.1, 0.15) is 0 Å². The van der Waals surface area contributed by atoms with E-state index in [0.717, 1.165) is 31.0 Å². The van der Waals surface area contributed by atoms with Crippen molar-refractivity contribution in [1.82, 2.24) is 5.32 Å². The Bertz CT molecular complexity index is 548. The molecule has 0 aromatic heterocycles. The van der Waals surface area contributed by atoms with Crippen LogP contribution in [0.25, 0.3) is 0 Å². The third-order valence-electron chi connectivity index (χ3n) is 4.85. The molecule has 0 bridgehead atoms. The van der Waals surface area contributed by atoms with Crippen molar-refractivity contribution in [3.63, 3.8) is 0 Å². The lowest BCUT2D eigenvalue weighted by molar-refractivity contribution is -0.137. The summed E-state index contributed by atoms with van der Waals surface area (Å²) in [7, 11) is 0. The van der Waals surface area contributed by atoms with Crippen LogP contribution in [0.15, 0.2) is 18.2 Å². The van der Waals surface area contributed by atoms with E-state index in [1.165, 1.54) is 12.1 Å². The number of rotatable bonds is 2. The van der Waals surface area contributed by atoms with E-state index in [1.54, 1.807) is 0 Å². The predicted octanol–water partition coefficient (Wildman–Crippen LogP) is 2.97. The van der Waals surface area contributed by atoms with E-state index >= 15 is 0 Å². The fourth-order valence-corrected chi connectivity index (χ4v) is 3.89. The van der Waals surface area contributed by atoms with Crippen molar-refractivity contribution in [2.45, 2.75) is 24.4 Å². The van der Waals surface area contributed by atoms with Crippen LogP contribution in [0, 0.1) is 5.41 Å². The molecule has 1 heterocycles. The molecule has 3 rings (SSSR count). The van der Waals surface area contributed by atoms with Gasteiger partial charge in [-0.3, -0.25) is 0 Å². The Morgan fingerprint density at radius 3 is 2.70 bits per heavy atom. The number of benzene rings is 1. The molecule has 0 unspecified atom stereocenters. The number of alkyl halides is 3. The van der Waals surface area contributed by atoms with Gasteiger partial charge in [-0.05, 0) is 37.1 Å². The van der Waals surface area contributed by atoms with Crippen molar-refractivity contribution in [2.24, 2.45) is 5.41 Å². The molecule has 2 fully saturated rings. The molecule has 0 amide bonds. The molecule has 2 atom stereocenters. The molecule has 1 aromatic carbocycles. The van der Waals surface area contributed by atoms with E-state index in [-0.39, 0.29) is 22.5 Å². The maximum absolute atomic E-state index is 12.7. The highest BCUT2D eigenvalue weighted by Gasteiger charge is 2.68. The lowest BCUT2D eigenvalue weighted by Crippen LogP contribution is -2.40. The minimum Gasteiger partial charge on any atom is -0.396 e. The van der Waals surface area contributed by atoms with E-state index in [0.29, 0.717) is 6.54 Å². The number of nitrogens with one attached hydrogen (secondary N) is 1. The van der Waals surface area contributed by atoms with Crippen LogP contribution < -0.4 is 5.32 Å². The molecular weight excluding hydrogens is 291 g/mol. The number of halogens is 4. The summed E-state index contributed by atoms with van der Waals surface area (Å²) >= 11 is 5.80. The highest BCUT2D eigenvalue weighted by Crippen LogP contribution is 2.67. The first-order chi connectivity index (χ1) is 9.35. The van der Waals surface area contributed by atoms with Gasteiger partial charge in [-0.2, -0.15) is 13.2 Å². The van der Waals surface area contributed by atoms with Crippen LogP contribution in [-0.4, -0.2) is 24.8 Å². The van der Waals surface area contributed by atoms with Gasteiger partial charge < -0.3 is 10.4 Å². The lowest BCUT2D eigenvalue weighted by Gasteiger charge is -2.30. The summed E-state index contributed by atoms with van der Waals surface area (Å²) in [5, 5.41) is 12.6. The molecule has 2 nitrogen and oxygen atoms in total. The number of hydrogen-bond donors (Lipinski definition) is 2. The highest BCUT2D eigenvalue weighted by molar-refractivity contribution is 6.31. The Balaban J connectivity index is 1.98. The highest BCUT2D eigenvalue weighted by atomic mass is 35.5. The van der Waals surface area contributed by atoms with Gasteiger partial charge in [0.15, 0.2) is 0 Å². The van der Waals surface area contributed by atoms with Crippen molar-refractivity contribution >= 4 is 11.6 Å². The first-order valence-corrected chi connectivity index (χ1v) is 6.91. The van der Waals surface area contributed by atoms with E-state index < -0.39 is 11.7 Å². The lowest BCUT2D eigenvalue weighted by atomic mass is 9.81. The van der Waals surface area contributed by atoms with Crippen LogP contribution >= 0.6 is 11.6 Å². The zero-order valence-corrected chi connectivity index (χ0v) is 11.5. The molecule has 1 aliphatic carbocycles. The first kappa shape index (κ1) is 14.2. The van der Waals surface area contributed by atoms with Crippen LogP contribution in [0.2, 0.25) is 5.02 Å². The molecule has 1 saturated carbocycles. The van der Waals surface area contributed by atoms with Crippen LogP contribution in [-0.2, 0) is 11.6 Å². The van der Waals surface area contributed by atoms with Crippen LogP contribution in [0.5, 0.6) is 0 Å². The van der Waals surface area contributed by atoms with E-state index in [4.69, 9.17) is 11.6 Å². The van der Waals surface area contributed by atoms with E-state index in [9.17, 15) is 18.3 Å². The van der Waals surface area contributed by atoms with Gasteiger partial charge in [0, 0.05) is 17.4 Å². The quantitative estimate of drug-likeness (QED) is 0.880. The number of piperidine rings is 1. The maximum Gasteiger partial charge on any atom is 0.417 e. The third kappa shape index (κ3) is 1.87. The van der Waals surface area contributed by atoms with E-state index in [1.807, 2.05) is 0 Å². The van der Waals surface area contributed by atoms with Crippen molar-refractivity contribution in [3.05, 3.63) is 34.3 Å².